The number of carbonyl (C=O) groups is 6. The molecule has 52 heavy (non-hydrogen) atoms. The molecular formula is C31H56N8O12S. The van der Waals surface area contributed by atoms with Crippen LogP contribution in [0.4, 0.5) is 0 Å². The van der Waals surface area contributed by atoms with E-state index < -0.39 is 66.0 Å². The summed E-state index contributed by atoms with van der Waals surface area (Å²) in [6.07, 6.45) is 3.96. The second-order valence-electron chi connectivity index (χ2n) is 11.5. The first-order chi connectivity index (χ1) is 24.0. The molecule has 0 aromatic heterocycles. The third kappa shape index (κ3) is 31.4. The van der Waals surface area contributed by atoms with Gasteiger partial charge in [-0.1, -0.05) is 26.0 Å². The molecule has 0 bridgehead atoms. The summed E-state index contributed by atoms with van der Waals surface area (Å²) in [6, 6.07) is 2.23. The number of carboxylic acid groups (broad SMARTS) is 5. The summed E-state index contributed by atoms with van der Waals surface area (Å²) in [4.78, 5) is 62.6. The van der Waals surface area contributed by atoms with Gasteiger partial charge in [-0.05, 0) is 74.1 Å². The Kier molecular flexibility index (Phi) is 30.0. The molecule has 0 fully saturated rings. The third-order valence-corrected chi connectivity index (χ3v) is 6.85. The zero-order chi connectivity index (χ0) is 41.0. The first kappa shape index (κ1) is 51.8. The number of rotatable bonds is 20. The average Bonchev–Trinajstić information content (AvgIpc) is 3.05. The van der Waals surface area contributed by atoms with Crippen molar-refractivity contribution in [3.05, 3.63) is 29.8 Å². The molecule has 0 heterocycles. The highest BCUT2D eigenvalue weighted by atomic mass is 32.2. The molecule has 0 aliphatic carbocycles. The highest BCUT2D eigenvalue weighted by Gasteiger charge is 2.17. The Hall–Kier alpha value is -4.54. The second kappa shape index (κ2) is 30.1. The zero-order valence-electron chi connectivity index (χ0n) is 29.6. The van der Waals surface area contributed by atoms with Gasteiger partial charge >= 0.3 is 35.8 Å². The van der Waals surface area contributed by atoms with Crippen LogP contribution in [0.2, 0.25) is 0 Å². The molecule has 1 aromatic rings. The third-order valence-electron chi connectivity index (χ3n) is 6.20. The van der Waals surface area contributed by atoms with Crippen LogP contribution in [0.3, 0.4) is 0 Å². The molecule has 19 N–H and O–H groups in total. The van der Waals surface area contributed by atoms with E-state index in [-0.39, 0.29) is 25.2 Å². The number of benzene rings is 1. The van der Waals surface area contributed by atoms with Crippen molar-refractivity contribution in [3.63, 3.8) is 0 Å². The van der Waals surface area contributed by atoms with E-state index in [1.165, 1.54) is 0 Å². The fourth-order valence-corrected chi connectivity index (χ4v) is 3.76. The van der Waals surface area contributed by atoms with Gasteiger partial charge < -0.3 is 70.0 Å². The van der Waals surface area contributed by atoms with Crippen molar-refractivity contribution in [2.75, 3.05) is 18.6 Å². The van der Waals surface area contributed by atoms with Crippen LogP contribution < -0.4 is 44.5 Å². The van der Waals surface area contributed by atoms with Crippen molar-refractivity contribution in [3.8, 4) is 5.75 Å². The first-order valence-corrected chi connectivity index (χ1v) is 17.2. The minimum Gasteiger partial charge on any atom is -0.481 e. The molecule has 1 rings (SSSR count). The summed E-state index contributed by atoms with van der Waals surface area (Å²) < 4.78 is 5.16. The van der Waals surface area contributed by atoms with Gasteiger partial charge in [-0.2, -0.15) is 11.8 Å². The van der Waals surface area contributed by atoms with Gasteiger partial charge in [-0.25, -0.2) is 4.79 Å². The number of carboxylic acids is 5. The number of thioether (sulfide) groups is 1. The highest BCUT2D eigenvalue weighted by Crippen LogP contribution is 2.14. The molecule has 0 unspecified atom stereocenters. The number of ether oxygens (including phenoxy) is 1. The predicted molar refractivity (Wildman–Crippen MR) is 195 cm³/mol. The average molecular weight is 765 g/mol. The van der Waals surface area contributed by atoms with E-state index in [1.54, 1.807) is 36.0 Å². The number of hydrogen-bond acceptors (Lipinski definition) is 14. The molecule has 0 radical (unpaired) electrons. The maximum absolute atomic E-state index is 11.9. The maximum Gasteiger partial charge on any atom is 0.328 e. The lowest BCUT2D eigenvalue weighted by molar-refractivity contribution is -0.141. The number of aliphatic carboxylic acids is 5. The van der Waals surface area contributed by atoms with Gasteiger partial charge in [0.25, 0.3) is 0 Å². The molecule has 0 amide bonds. The van der Waals surface area contributed by atoms with Crippen LogP contribution in [0.1, 0.15) is 57.9 Å². The van der Waals surface area contributed by atoms with Crippen molar-refractivity contribution in [2.45, 2.75) is 89.0 Å². The van der Waals surface area contributed by atoms with E-state index in [4.69, 9.17) is 70.1 Å². The molecule has 21 heteroatoms. The lowest BCUT2D eigenvalue weighted by Crippen LogP contribution is -2.36. The quantitative estimate of drug-likeness (QED) is 0.0249. The van der Waals surface area contributed by atoms with Crippen LogP contribution in [0, 0.1) is 11.3 Å². The fraction of sp³-hybridized carbons (Fsp3) is 0.581. The van der Waals surface area contributed by atoms with Crippen molar-refractivity contribution in [2.24, 2.45) is 40.3 Å². The second-order valence-corrected chi connectivity index (χ2v) is 12.5. The molecule has 20 nitrogen and oxygen atoms in total. The predicted octanol–water partition coefficient (Wildman–Crippen LogP) is -1.00. The summed E-state index contributed by atoms with van der Waals surface area (Å²) in [5, 5.41) is 51.2. The van der Waals surface area contributed by atoms with Crippen LogP contribution in [0.15, 0.2) is 24.3 Å². The van der Waals surface area contributed by atoms with Gasteiger partial charge in [0.05, 0.1) is 0 Å². The summed E-state index contributed by atoms with van der Waals surface area (Å²) in [6.45, 7) is 4.35. The molecule has 0 aliphatic rings. The van der Waals surface area contributed by atoms with E-state index in [9.17, 15) is 28.8 Å². The molecule has 0 saturated carbocycles. The van der Waals surface area contributed by atoms with Gasteiger partial charge in [0.2, 0.25) is 0 Å². The Morgan fingerprint density at radius 2 is 1.23 bits per heavy atom. The lowest BCUT2D eigenvalue weighted by atomic mass is 10.1. The number of nitrogens with two attached hydrogens (primary N) is 6. The normalized spacial score (nSPS) is 13.0. The lowest BCUT2D eigenvalue weighted by Gasteiger charge is -2.12. The van der Waals surface area contributed by atoms with Gasteiger partial charge in [0.15, 0.2) is 5.96 Å². The van der Waals surface area contributed by atoms with E-state index in [0.717, 1.165) is 11.3 Å². The van der Waals surface area contributed by atoms with Gasteiger partial charge in [-0.15, -0.1) is 0 Å². The van der Waals surface area contributed by atoms with Crippen LogP contribution in [0.25, 0.3) is 0 Å². The van der Waals surface area contributed by atoms with Crippen molar-refractivity contribution in [1.29, 1.82) is 5.41 Å². The number of hydrogen-bond donors (Lipinski definition) is 13. The SMILES string of the molecule is CC(C)C[C@H](N)C(=O)O.CSCC[C@H](N)C(=O)O.N=C(N)NCCC[C@H](N)C(=O)Oc1ccc(C[C@H](N)C(=O)O)cc1.N[C@@H](CCC(=O)O)C(=O)O. The van der Waals surface area contributed by atoms with E-state index in [0.29, 0.717) is 43.9 Å². The van der Waals surface area contributed by atoms with Crippen LogP contribution in [-0.4, -0.2) is 116 Å². The van der Waals surface area contributed by atoms with Crippen molar-refractivity contribution in [1.82, 2.24) is 5.32 Å². The van der Waals surface area contributed by atoms with Crippen molar-refractivity contribution < 1.29 is 59.0 Å². The van der Waals surface area contributed by atoms with E-state index in [1.807, 2.05) is 20.1 Å². The van der Waals surface area contributed by atoms with E-state index >= 15 is 0 Å². The van der Waals surface area contributed by atoms with Crippen molar-refractivity contribution >= 4 is 53.5 Å². The molecule has 1 aromatic carbocycles. The summed E-state index contributed by atoms with van der Waals surface area (Å²) >= 11 is 1.60. The zero-order valence-corrected chi connectivity index (χ0v) is 30.4. The summed E-state index contributed by atoms with van der Waals surface area (Å²) in [5.41, 5.74) is 32.5. The monoisotopic (exact) mass is 764 g/mol. The van der Waals surface area contributed by atoms with Gasteiger partial charge in [0.1, 0.15) is 36.0 Å². The summed E-state index contributed by atoms with van der Waals surface area (Å²) in [5.74, 6) is -4.29. The van der Waals surface area contributed by atoms with Crippen LogP contribution >= 0.6 is 11.8 Å². The molecule has 5 atom stereocenters. The molecule has 0 spiro atoms. The molecular weight excluding hydrogens is 708 g/mol. The fourth-order valence-electron chi connectivity index (χ4n) is 3.27. The number of nitrogens with one attached hydrogen (secondary N) is 2. The topological polar surface area (TPSA) is 405 Å². The Balaban J connectivity index is -0.000000707. The first-order valence-electron chi connectivity index (χ1n) is 15.8. The smallest absolute Gasteiger partial charge is 0.328 e. The van der Waals surface area contributed by atoms with Crippen LogP contribution in [0.5, 0.6) is 5.75 Å². The standard InChI is InChI=1S/C15H23N5O4.C6H13NO2.C5H9NO4.C5H11NO2S/c16-11(2-1-7-20-15(18)19)14(23)24-10-5-3-9(4-6-10)8-12(17)13(21)22;1-4(2)3-5(7)6(8)9;6-3(5(9)10)1-2-4(7)8;1-9-3-2-4(6)5(7)8/h3-6,11-12H,1-2,7-8,16-17H2,(H,21,22)(H4,18,19,20);4-5H,3,7H2,1-2H3,(H,8,9);3H,1-2,6H2,(H,7,8)(H,9,10);4H,2-3,6H2,1H3,(H,7,8)/t11-,12-;5-;3-;4-/m0000/s1. The number of carbonyl (C=O) groups excluding carboxylic acids is 1. The Morgan fingerprint density at radius 3 is 1.62 bits per heavy atom. The van der Waals surface area contributed by atoms with Gasteiger partial charge in [0, 0.05) is 13.0 Å². The Bertz CT molecular complexity index is 1240. The highest BCUT2D eigenvalue weighted by molar-refractivity contribution is 7.98. The Labute approximate surface area is 306 Å². The molecule has 298 valence electrons. The maximum atomic E-state index is 11.9. The number of guanidine groups is 1. The molecule has 0 aliphatic heterocycles. The minimum absolute atomic E-state index is 0.0231. The van der Waals surface area contributed by atoms with Crippen LogP contribution in [-0.2, 0) is 35.2 Å². The summed E-state index contributed by atoms with van der Waals surface area (Å²) in [7, 11) is 0. The van der Waals surface area contributed by atoms with Gasteiger partial charge in [-0.3, -0.25) is 29.4 Å². The number of esters is 1. The van der Waals surface area contributed by atoms with E-state index in [2.05, 4.69) is 5.32 Å². The largest absolute Gasteiger partial charge is 0.481 e. The Morgan fingerprint density at radius 1 is 0.750 bits per heavy atom. The minimum atomic E-state index is -1.17. The molecule has 0 saturated heterocycles.